The van der Waals surface area contributed by atoms with Crippen molar-refractivity contribution in [2.45, 2.75) is 19.3 Å². The first-order valence-electron chi connectivity index (χ1n) is 15.9. The van der Waals surface area contributed by atoms with Crippen LogP contribution < -0.4 is 4.90 Å². The highest BCUT2D eigenvalue weighted by Gasteiger charge is 2.36. The van der Waals surface area contributed by atoms with E-state index in [-0.39, 0.29) is 5.41 Å². The molecule has 0 atom stereocenters. The average Bonchev–Trinajstić information content (AvgIpc) is 3.74. The first-order chi connectivity index (χ1) is 22.6. The van der Waals surface area contributed by atoms with Gasteiger partial charge in [0, 0.05) is 32.6 Å². The van der Waals surface area contributed by atoms with Gasteiger partial charge in [-0.15, -0.1) is 0 Å². The minimum absolute atomic E-state index is 0.0735. The van der Waals surface area contributed by atoms with Crippen LogP contribution in [-0.4, -0.2) is 0 Å². The second-order valence-electron chi connectivity index (χ2n) is 12.9. The average molecular weight is 592 g/mol. The molecule has 2 aromatic heterocycles. The number of furan rings is 2. The molecule has 0 N–H and O–H groups in total. The Hall–Kier alpha value is -5.80. The molecule has 2 heterocycles. The monoisotopic (exact) mass is 591 g/mol. The number of hydrogen-bond donors (Lipinski definition) is 0. The normalized spacial score (nSPS) is 13.6. The van der Waals surface area contributed by atoms with Crippen LogP contribution in [0.1, 0.15) is 25.0 Å². The molecule has 0 aliphatic heterocycles. The largest absolute Gasteiger partial charge is 0.456 e. The van der Waals surface area contributed by atoms with Crippen LogP contribution in [0.5, 0.6) is 0 Å². The molecule has 0 radical (unpaired) electrons. The van der Waals surface area contributed by atoms with Crippen molar-refractivity contribution in [1.29, 1.82) is 0 Å². The molecule has 1 aliphatic carbocycles. The Balaban J connectivity index is 1.31. The van der Waals surface area contributed by atoms with Crippen LogP contribution in [0.25, 0.3) is 65.8 Å². The molecule has 46 heavy (non-hydrogen) atoms. The summed E-state index contributed by atoms with van der Waals surface area (Å²) in [4.78, 5) is 2.37. The highest BCUT2D eigenvalue weighted by Crippen LogP contribution is 2.52. The van der Waals surface area contributed by atoms with E-state index in [2.05, 4.69) is 146 Å². The van der Waals surface area contributed by atoms with E-state index in [1.54, 1.807) is 0 Å². The standard InChI is InChI=1S/C43H29NO2/c1-43(2)34-16-7-5-13-29(34)33-25-27(22-24-35(33)43)44(36-17-10-20-39-40(36)32-14-6-8-19-38(32)45-39)37-18-9-15-30-31-23-21-26-11-3-4-12-28(26)41(31)46-42(30)37/h3-25H,1-2H3. The molecule has 1 aliphatic rings. The molecule has 7 aromatic carbocycles. The van der Waals surface area contributed by atoms with Gasteiger partial charge in [0.05, 0.1) is 16.8 Å². The predicted molar refractivity (Wildman–Crippen MR) is 191 cm³/mol. The Kier molecular flexibility index (Phi) is 5.06. The summed E-state index contributed by atoms with van der Waals surface area (Å²) < 4.78 is 13.3. The summed E-state index contributed by atoms with van der Waals surface area (Å²) >= 11 is 0. The van der Waals surface area contributed by atoms with E-state index in [0.29, 0.717) is 0 Å². The fraction of sp³-hybridized carbons (Fsp3) is 0.0698. The van der Waals surface area contributed by atoms with Crippen LogP contribution in [-0.2, 0) is 5.41 Å². The molecule has 0 unspecified atom stereocenters. The summed E-state index contributed by atoms with van der Waals surface area (Å²) in [6, 6.07) is 49.8. The molecule has 0 amide bonds. The fourth-order valence-electron chi connectivity index (χ4n) is 7.88. The first kappa shape index (κ1) is 25.5. The van der Waals surface area contributed by atoms with E-state index in [0.717, 1.165) is 66.3 Å². The van der Waals surface area contributed by atoms with Gasteiger partial charge in [0.1, 0.15) is 16.7 Å². The third-order valence-electron chi connectivity index (χ3n) is 10.1. The summed E-state index contributed by atoms with van der Waals surface area (Å²) in [5, 5.41) is 6.67. The van der Waals surface area contributed by atoms with Gasteiger partial charge in [-0.05, 0) is 70.1 Å². The molecule has 0 saturated heterocycles. The van der Waals surface area contributed by atoms with Crippen molar-refractivity contribution in [3.8, 4) is 11.1 Å². The topological polar surface area (TPSA) is 29.5 Å². The number of rotatable bonds is 3. The van der Waals surface area contributed by atoms with Gasteiger partial charge in [0.25, 0.3) is 0 Å². The van der Waals surface area contributed by atoms with Crippen molar-refractivity contribution >= 4 is 71.7 Å². The third kappa shape index (κ3) is 3.37. The lowest BCUT2D eigenvalue weighted by atomic mass is 9.82. The number of nitrogens with zero attached hydrogens (tertiary/aromatic N) is 1. The van der Waals surface area contributed by atoms with Crippen LogP contribution in [0.4, 0.5) is 17.1 Å². The number of benzene rings is 7. The maximum atomic E-state index is 6.92. The second-order valence-corrected chi connectivity index (χ2v) is 12.9. The van der Waals surface area contributed by atoms with Gasteiger partial charge in [-0.3, -0.25) is 0 Å². The van der Waals surface area contributed by atoms with Crippen molar-refractivity contribution in [1.82, 2.24) is 0 Å². The van der Waals surface area contributed by atoms with Crippen LogP contribution in [0.3, 0.4) is 0 Å². The lowest BCUT2D eigenvalue weighted by Crippen LogP contribution is -2.15. The minimum atomic E-state index is -0.0735. The van der Waals surface area contributed by atoms with Crippen molar-refractivity contribution < 1.29 is 8.83 Å². The van der Waals surface area contributed by atoms with Crippen LogP contribution in [0, 0.1) is 0 Å². The van der Waals surface area contributed by atoms with Crippen LogP contribution >= 0.6 is 0 Å². The molecule has 218 valence electrons. The van der Waals surface area contributed by atoms with Gasteiger partial charge in [-0.2, -0.15) is 0 Å². The van der Waals surface area contributed by atoms with Gasteiger partial charge >= 0.3 is 0 Å². The van der Waals surface area contributed by atoms with Crippen LogP contribution in [0.2, 0.25) is 0 Å². The Labute approximate surface area is 265 Å². The molecule has 0 bridgehead atoms. The van der Waals surface area contributed by atoms with Crippen LogP contribution in [0.15, 0.2) is 148 Å². The zero-order valence-corrected chi connectivity index (χ0v) is 25.5. The number of hydrogen-bond acceptors (Lipinski definition) is 3. The lowest BCUT2D eigenvalue weighted by molar-refractivity contribution is 0.660. The molecular formula is C43H29NO2. The molecule has 10 rings (SSSR count). The first-order valence-corrected chi connectivity index (χ1v) is 15.9. The fourth-order valence-corrected chi connectivity index (χ4v) is 7.88. The maximum absolute atomic E-state index is 6.92. The third-order valence-corrected chi connectivity index (χ3v) is 10.1. The van der Waals surface area contributed by atoms with Gasteiger partial charge in [0.2, 0.25) is 0 Å². The summed E-state index contributed by atoms with van der Waals surface area (Å²) in [7, 11) is 0. The molecule has 3 nitrogen and oxygen atoms in total. The van der Waals surface area contributed by atoms with Gasteiger partial charge < -0.3 is 13.7 Å². The Morgan fingerprint density at radius 2 is 1.17 bits per heavy atom. The van der Waals surface area contributed by atoms with Crippen molar-refractivity contribution in [2.75, 3.05) is 4.90 Å². The zero-order valence-electron chi connectivity index (χ0n) is 25.5. The van der Waals surface area contributed by atoms with E-state index in [9.17, 15) is 0 Å². The Morgan fingerprint density at radius 1 is 0.478 bits per heavy atom. The Morgan fingerprint density at radius 3 is 2.11 bits per heavy atom. The van der Waals surface area contributed by atoms with Gasteiger partial charge in [-0.1, -0.05) is 111 Å². The predicted octanol–water partition coefficient (Wildman–Crippen LogP) is 12.4. The lowest BCUT2D eigenvalue weighted by Gasteiger charge is -2.27. The number of fused-ring (bicyclic) bond motifs is 11. The van der Waals surface area contributed by atoms with E-state index in [1.165, 1.54) is 27.6 Å². The summed E-state index contributed by atoms with van der Waals surface area (Å²) in [6.45, 7) is 4.65. The van der Waals surface area contributed by atoms with E-state index >= 15 is 0 Å². The number of para-hydroxylation sites is 2. The minimum Gasteiger partial charge on any atom is -0.456 e. The SMILES string of the molecule is CC1(C)c2ccccc2-c2cc(N(c3cccc4c3oc3c5ccccc5ccc43)c3cccc4oc5ccccc5c34)ccc21. The van der Waals surface area contributed by atoms with Crippen molar-refractivity contribution in [3.63, 3.8) is 0 Å². The van der Waals surface area contributed by atoms with Crippen molar-refractivity contribution in [2.24, 2.45) is 0 Å². The second kappa shape index (κ2) is 9.12. The highest BCUT2D eigenvalue weighted by atomic mass is 16.3. The summed E-state index contributed by atoms with van der Waals surface area (Å²) in [5.74, 6) is 0. The van der Waals surface area contributed by atoms with Gasteiger partial charge in [0.15, 0.2) is 5.58 Å². The molecule has 0 fully saturated rings. The van der Waals surface area contributed by atoms with E-state index in [1.807, 2.05) is 12.1 Å². The quantitative estimate of drug-likeness (QED) is 0.205. The van der Waals surface area contributed by atoms with E-state index in [4.69, 9.17) is 8.83 Å². The number of anilines is 3. The van der Waals surface area contributed by atoms with Crippen molar-refractivity contribution in [3.05, 3.63) is 151 Å². The molecular weight excluding hydrogens is 562 g/mol. The molecule has 0 spiro atoms. The highest BCUT2D eigenvalue weighted by molar-refractivity contribution is 6.19. The zero-order chi connectivity index (χ0) is 30.6. The molecule has 3 heteroatoms. The smallest absolute Gasteiger partial charge is 0.159 e. The van der Waals surface area contributed by atoms with Gasteiger partial charge in [-0.25, -0.2) is 0 Å². The molecule has 0 saturated carbocycles. The maximum Gasteiger partial charge on any atom is 0.159 e. The molecule has 9 aromatic rings. The van der Waals surface area contributed by atoms with E-state index < -0.39 is 0 Å². The summed E-state index contributed by atoms with van der Waals surface area (Å²) in [5.41, 5.74) is 11.8. The summed E-state index contributed by atoms with van der Waals surface area (Å²) in [6.07, 6.45) is 0. The Bertz CT molecular complexity index is 2690.